The number of aliphatic hydroxyl groups is 2. The van der Waals surface area contributed by atoms with Crippen LogP contribution in [0.5, 0.6) is 0 Å². The molecule has 0 aliphatic rings. The van der Waals surface area contributed by atoms with E-state index in [1.807, 2.05) is 13.8 Å². The molecule has 3 atom stereocenters. The van der Waals surface area contributed by atoms with Gasteiger partial charge in [0.2, 0.25) is 11.8 Å². The number of carboxylic acids is 1. The predicted molar refractivity (Wildman–Crippen MR) is 137 cm³/mol. The first-order chi connectivity index (χ1) is 18.2. The zero-order valence-corrected chi connectivity index (χ0v) is 23.8. The van der Waals surface area contributed by atoms with E-state index in [1.165, 1.54) is 0 Å². The molecular formula is C22H38N6O10Se. The minimum absolute atomic E-state index is 0.0833. The molecule has 0 heterocycles. The number of primary amides is 1. The van der Waals surface area contributed by atoms with Gasteiger partial charge in [-0.2, -0.15) is 0 Å². The Morgan fingerprint density at radius 2 is 1.38 bits per heavy atom. The topological polar surface area (TPSA) is 258 Å². The van der Waals surface area contributed by atoms with Gasteiger partial charge in [0.05, 0.1) is 13.2 Å². The fourth-order valence-electron chi connectivity index (χ4n) is 2.99. The molecule has 0 aromatic heterocycles. The van der Waals surface area contributed by atoms with E-state index in [0.29, 0.717) is 6.42 Å². The van der Waals surface area contributed by atoms with E-state index in [0.717, 1.165) is 4.90 Å². The third kappa shape index (κ3) is 15.0. The minimum atomic E-state index is -1.40. The van der Waals surface area contributed by atoms with Crippen molar-refractivity contribution in [1.82, 2.24) is 26.2 Å². The van der Waals surface area contributed by atoms with Crippen LogP contribution in [0.2, 0.25) is 9.63 Å². The number of nitrogens with zero attached hydrogens (tertiary/aromatic N) is 1. The van der Waals surface area contributed by atoms with Crippen molar-refractivity contribution in [2.45, 2.75) is 55.3 Å². The Kier molecular flexibility index (Phi) is 17.3. The number of carbonyl (C=O) groups is 7. The molecule has 0 aliphatic heterocycles. The van der Waals surface area contributed by atoms with Gasteiger partial charge in [0.1, 0.15) is 6.04 Å². The number of hydrogen-bond acceptors (Lipinski definition) is 9. The summed E-state index contributed by atoms with van der Waals surface area (Å²) in [7, 11) is 0. The van der Waals surface area contributed by atoms with Crippen LogP contribution in [0.1, 0.15) is 33.6 Å². The monoisotopic (exact) mass is 626 g/mol. The maximum atomic E-state index is 12.9. The molecule has 0 fully saturated rings. The van der Waals surface area contributed by atoms with Gasteiger partial charge in [-0.15, -0.1) is 0 Å². The van der Waals surface area contributed by atoms with Crippen LogP contribution in [0.15, 0.2) is 0 Å². The van der Waals surface area contributed by atoms with Crippen LogP contribution in [0.4, 0.5) is 0 Å². The number of aliphatic hydroxyl groups excluding tert-OH is 2. The molecule has 0 spiro atoms. The summed E-state index contributed by atoms with van der Waals surface area (Å²) in [5, 5.41) is 36.9. The molecule has 222 valence electrons. The second-order valence-corrected chi connectivity index (χ2v) is 12.3. The summed E-state index contributed by atoms with van der Waals surface area (Å²) in [5.41, 5.74) is 4.98. The number of nitrogens with one attached hydrogen (secondary N) is 4. The van der Waals surface area contributed by atoms with Gasteiger partial charge in [-0.25, -0.2) is 0 Å². The van der Waals surface area contributed by atoms with Gasteiger partial charge < -0.3 is 21.5 Å². The number of nitrogens with two attached hydrogens (primary N) is 1. The Labute approximate surface area is 231 Å². The standard InChI is InChI=1S/C22H38N6O10Se/c1-4-5-28(21(36)14(11-30)27-16(31)6-15(22(37)38)39-12(2)3)9-19(34)25-7-17(32)24-8-18(33)26-13(10-29)20(23)35/h12-15,29-30H,4-11H2,1-3H3,(H2,23,35)(H,24,32)(H,25,34)(H,26,33)(H,27,31)(H,37,38). The molecule has 0 aliphatic carbocycles. The first-order valence-electron chi connectivity index (χ1n) is 12.1. The molecule has 0 aromatic carbocycles. The zero-order valence-electron chi connectivity index (χ0n) is 22.1. The Morgan fingerprint density at radius 1 is 0.846 bits per heavy atom. The Bertz CT molecular complexity index is 887. The van der Waals surface area contributed by atoms with Crippen molar-refractivity contribution in [3.05, 3.63) is 0 Å². The second kappa shape index (κ2) is 18.9. The van der Waals surface area contributed by atoms with Crippen LogP contribution in [-0.4, -0.2) is 128 Å². The summed E-state index contributed by atoms with van der Waals surface area (Å²) in [6.45, 7) is 2.38. The molecule has 9 N–H and O–H groups in total. The molecule has 0 bridgehead atoms. The molecule has 0 aromatic rings. The van der Waals surface area contributed by atoms with Crippen molar-refractivity contribution in [3.8, 4) is 0 Å². The number of hydrogen-bond donors (Lipinski definition) is 8. The van der Waals surface area contributed by atoms with E-state index in [9.17, 15) is 43.8 Å². The average Bonchev–Trinajstić information content (AvgIpc) is 2.86. The maximum absolute atomic E-state index is 12.9. The third-order valence-corrected chi connectivity index (χ3v) is 7.40. The van der Waals surface area contributed by atoms with Crippen LogP contribution in [0.3, 0.4) is 0 Å². The normalized spacial score (nSPS) is 13.0. The summed E-state index contributed by atoms with van der Waals surface area (Å²) < 4.78 is 0. The quantitative estimate of drug-likeness (QED) is 0.0641. The van der Waals surface area contributed by atoms with Gasteiger partial charge in [-0.3, -0.25) is 14.4 Å². The molecular weight excluding hydrogens is 587 g/mol. The van der Waals surface area contributed by atoms with E-state index in [4.69, 9.17) is 10.8 Å². The van der Waals surface area contributed by atoms with E-state index in [2.05, 4.69) is 21.3 Å². The fourth-order valence-corrected chi connectivity index (χ4v) is 5.13. The SMILES string of the molecule is CCCN(CC(=O)NCC(=O)NCC(=O)NC(CO)C(N)=O)C(=O)C(CO)NC(=O)CC([Se]C(C)C)C(=O)O. The summed E-state index contributed by atoms with van der Waals surface area (Å²) >= 11 is -0.365. The predicted octanol–water partition coefficient (Wildman–Crippen LogP) is -4.31. The van der Waals surface area contributed by atoms with E-state index >= 15 is 0 Å². The van der Waals surface area contributed by atoms with Crippen LogP contribution in [-0.2, 0) is 33.6 Å². The first-order valence-corrected chi connectivity index (χ1v) is 14.0. The van der Waals surface area contributed by atoms with Gasteiger partial charge in [-0.1, -0.05) is 0 Å². The summed E-state index contributed by atoms with van der Waals surface area (Å²) in [5.74, 6) is -5.88. The van der Waals surface area contributed by atoms with Crippen LogP contribution < -0.4 is 27.0 Å². The van der Waals surface area contributed by atoms with Crippen molar-refractivity contribution in [3.63, 3.8) is 0 Å². The van der Waals surface area contributed by atoms with Crippen molar-refractivity contribution < 1.29 is 48.9 Å². The van der Waals surface area contributed by atoms with Gasteiger partial charge in [-0.05, 0) is 0 Å². The van der Waals surface area contributed by atoms with Gasteiger partial charge in [0.15, 0.2) is 0 Å². The number of amides is 6. The van der Waals surface area contributed by atoms with Crippen LogP contribution >= 0.6 is 0 Å². The summed E-state index contributed by atoms with van der Waals surface area (Å²) in [4.78, 5) is 83.9. The molecule has 39 heavy (non-hydrogen) atoms. The number of carboxylic acid groups (broad SMARTS) is 1. The van der Waals surface area contributed by atoms with Gasteiger partial charge in [0, 0.05) is 0 Å². The molecule has 16 nitrogen and oxygen atoms in total. The van der Waals surface area contributed by atoms with Crippen LogP contribution in [0, 0.1) is 0 Å². The average molecular weight is 626 g/mol. The second-order valence-electron chi connectivity index (χ2n) is 8.54. The molecule has 17 heteroatoms. The van der Waals surface area contributed by atoms with E-state index in [1.54, 1.807) is 6.92 Å². The summed E-state index contributed by atoms with van der Waals surface area (Å²) in [6.07, 6.45) is 0.0702. The van der Waals surface area contributed by atoms with Crippen molar-refractivity contribution in [2.75, 3.05) is 39.4 Å². The molecule has 0 radical (unpaired) electrons. The fraction of sp³-hybridized carbons (Fsp3) is 0.682. The van der Waals surface area contributed by atoms with Crippen molar-refractivity contribution in [1.29, 1.82) is 0 Å². The van der Waals surface area contributed by atoms with Crippen molar-refractivity contribution >= 4 is 56.4 Å². The van der Waals surface area contributed by atoms with Crippen molar-refractivity contribution in [2.24, 2.45) is 5.73 Å². The molecule has 0 saturated heterocycles. The number of carbonyl (C=O) groups excluding carboxylic acids is 6. The molecule has 0 rings (SSSR count). The van der Waals surface area contributed by atoms with Gasteiger partial charge >= 0.3 is 165 Å². The Hall–Kier alpha value is -3.27. The third-order valence-electron chi connectivity index (χ3n) is 4.79. The number of aliphatic carboxylic acids is 1. The van der Waals surface area contributed by atoms with Crippen LogP contribution in [0.25, 0.3) is 0 Å². The molecule has 6 amide bonds. The first kappa shape index (κ1) is 35.7. The molecule has 3 unspecified atom stereocenters. The molecule has 0 saturated carbocycles. The van der Waals surface area contributed by atoms with Gasteiger partial charge in [0.25, 0.3) is 0 Å². The van der Waals surface area contributed by atoms with E-state index < -0.39 is 91.2 Å². The summed E-state index contributed by atoms with van der Waals surface area (Å²) in [6, 6.07) is -2.72. The Balaban J connectivity index is 4.90. The zero-order chi connectivity index (χ0) is 30.1. The Morgan fingerprint density at radius 3 is 1.87 bits per heavy atom. The number of rotatable bonds is 19. The van der Waals surface area contributed by atoms with E-state index in [-0.39, 0.29) is 32.7 Å².